The Hall–Kier alpha value is -0.910. The molecule has 1 aromatic rings. The second-order valence-electron chi connectivity index (χ2n) is 4.89. The number of hydrogen-bond donors (Lipinski definition) is 1. The lowest BCUT2D eigenvalue weighted by molar-refractivity contribution is -0.121. The van der Waals surface area contributed by atoms with Gasteiger partial charge in [0.1, 0.15) is 0 Å². The minimum atomic E-state index is 0.0774. The van der Waals surface area contributed by atoms with E-state index < -0.39 is 0 Å². The fourth-order valence-corrected chi connectivity index (χ4v) is 2.92. The van der Waals surface area contributed by atoms with E-state index in [9.17, 15) is 4.79 Å². The quantitative estimate of drug-likeness (QED) is 0.894. The molecule has 2 rings (SSSR count). The second kappa shape index (κ2) is 7.76. The summed E-state index contributed by atoms with van der Waals surface area (Å²) in [5, 5.41) is 2.83. The standard InChI is InChI=1S/C15H21BrN2O2/c1-2-17-15(19)7-8-18-9-10-20-14(11-18)12-5-3-4-6-13(12)16/h3-6,14H,2,7-11H2,1H3,(H,17,19)/t14-/m0/s1. The van der Waals surface area contributed by atoms with Gasteiger partial charge in [-0.1, -0.05) is 34.1 Å². The summed E-state index contributed by atoms with van der Waals surface area (Å²) in [5.74, 6) is 0.122. The molecule has 1 saturated heterocycles. The number of carbonyl (C=O) groups excluding carboxylic acids is 1. The first-order valence-electron chi connectivity index (χ1n) is 7.05. The maximum atomic E-state index is 11.5. The molecule has 0 bridgehead atoms. The Morgan fingerprint density at radius 2 is 2.30 bits per heavy atom. The van der Waals surface area contributed by atoms with Gasteiger partial charge in [-0.25, -0.2) is 0 Å². The fraction of sp³-hybridized carbons (Fsp3) is 0.533. The molecule has 1 aliphatic rings. The highest BCUT2D eigenvalue weighted by atomic mass is 79.9. The Kier molecular flexibility index (Phi) is 6.01. The predicted octanol–water partition coefficient (Wildman–Crippen LogP) is 2.35. The van der Waals surface area contributed by atoms with Crippen molar-refractivity contribution in [1.82, 2.24) is 10.2 Å². The minimum absolute atomic E-state index is 0.0774. The zero-order chi connectivity index (χ0) is 14.4. The summed E-state index contributed by atoms with van der Waals surface area (Å²) >= 11 is 3.57. The second-order valence-corrected chi connectivity index (χ2v) is 5.74. The summed E-state index contributed by atoms with van der Waals surface area (Å²) in [6, 6.07) is 8.15. The smallest absolute Gasteiger partial charge is 0.221 e. The van der Waals surface area contributed by atoms with Crippen LogP contribution in [0, 0.1) is 0 Å². The Morgan fingerprint density at radius 1 is 1.50 bits per heavy atom. The number of morpholine rings is 1. The summed E-state index contributed by atoms with van der Waals surface area (Å²) in [4.78, 5) is 13.8. The monoisotopic (exact) mass is 340 g/mol. The Balaban J connectivity index is 1.89. The van der Waals surface area contributed by atoms with Crippen molar-refractivity contribution >= 4 is 21.8 Å². The molecule has 0 spiro atoms. The van der Waals surface area contributed by atoms with E-state index in [2.05, 4.69) is 32.2 Å². The summed E-state index contributed by atoms with van der Waals surface area (Å²) < 4.78 is 6.94. The van der Waals surface area contributed by atoms with E-state index in [1.54, 1.807) is 0 Å². The topological polar surface area (TPSA) is 41.6 Å². The van der Waals surface area contributed by atoms with Crippen molar-refractivity contribution in [2.24, 2.45) is 0 Å². The molecular weight excluding hydrogens is 320 g/mol. The lowest BCUT2D eigenvalue weighted by Gasteiger charge is -2.33. The van der Waals surface area contributed by atoms with Gasteiger partial charge in [-0.3, -0.25) is 9.69 Å². The Bertz CT molecular complexity index is 453. The van der Waals surface area contributed by atoms with E-state index >= 15 is 0 Å². The molecule has 1 atom stereocenters. The van der Waals surface area contributed by atoms with Crippen LogP contribution < -0.4 is 5.32 Å². The van der Waals surface area contributed by atoms with Gasteiger partial charge < -0.3 is 10.1 Å². The molecule has 1 fully saturated rings. The number of carbonyl (C=O) groups is 1. The average Bonchev–Trinajstić information content (AvgIpc) is 2.46. The molecule has 0 unspecified atom stereocenters. The predicted molar refractivity (Wildman–Crippen MR) is 82.6 cm³/mol. The molecule has 1 N–H and O–H groups in total. The third-order valence-electron chi connectivity index (χ3n) is 3.43. The Labute approximate surface area is 128 Å². The molecular formula is C15H21BrN2O2. The third kappa shape index (κ3) is 4.30. The minimum Gasteiger partial charge on any atom is -0.371 e. The van der Waals surface area contributed by atoms with Crippen LogP contribution in [0.1, 0.15) is 25.0 Å². The number of rotatable bonds is 5. The molecule has 0 radical (unpaired) electrons. The molecule has 1 heterocycles. The molecule has 0 aliphatic carbocycles. The SMILES string of the molecule is CCNC(=O)CCN1CCO[C@H](c2ccccc2Br)C1. The van der Waals surface area contributed by atoms with E-state index in [1.807, 2.05) is 25.1 Å². The maximum absolute atomic E-state index is 11.5. The van der Waals surface area contributed by atoms with Crippen LogP contribution in [0.3, 0.4) is 0 Å². The van der Waals surface area contributed by atoms with Gasteiger partial charge in [-0.15, -0.1) is 0 Å². The van der Waals surface area contributed by atoms with Crippen molar-refractivity contribution in [2.75, 3.05) is 32.8 Å². The van der Waals surface area contributed by atoms with Crippen LogP contribution >= 0.6 is 15.9 Å². The van der Waals surface area contributed by atoms with Crippen LogP contribution in [0.15, 0.2) is 28.7 Å². The van der Waals surface area contributed by atoms with E-state index in [4.69, 9.17) is 4.74 Å². The molecule has 0 saturated carbocycles. The van der Waals surface area contributed by atoms with Crippen LogP contribution in [0.4, 0.5) is 0 Å². The van der Waals surface area contributed by atoms with Crippen LogP contribution in [0.2, 0.25) is 0 Å². The zero-order valence-electron chi connectivity index (χ0n) is 11.8. The van der Waals surface area contributed by atoms with E-state index in [0.717, 1.165) is 24.1 Å². The van der Waals surface area contributed by atoms with Crippen molar-refractivity contribution in [1.29, 1.82) is 0 Å². The fourth-order valence-electron chi connectivity index (χ4n) is 2.38. The van der Waals surface area contributed by atoms with Gasteiger partial charge in [0.2, 0.25) is 5.91 Å². The van der Waals surface area contributed by atoms with E-state index in [0.29, 0.717) is 19.6 Å². The van der Waals surface area contributed by atoms with Crippen LogP contribution in [0.25, 0.3) is 0 Å². The molecule has 5 heteroatoms. The van der Waals surface area contributed by atoms with Crippen molar-refractivity contribution in [3.05, 3.63) is 34.3 Å². The molecule has 110 valence electrons. The first-order chi connectivity index (χ1) is 9.70. The number of amides is 1. The number of nitrogens with zero attached hydrogens (tertiary/aromatic N) is 1. The van der Waals surface area contributed by atoms with E-state index in [1.165, 1.54) is 5.56 Å². The number of benzene rings is 1. The van der Waals surface area contributed by atoms with Crippen molar-refractivity contribution < 1.29 is 9.53 Å². The van der Waals surface area contributed by atoms with Crippen LogP contribution in [-0.4, -0.2) is 43.6 Å². The highest BCUT2D eigenvalue weighted by Crippen LogP contribution is 2.28. The summed E-state index contributed by atoms with van der Waals surface area (Å²) in [7, 11) is 0. The van der Waals surface area contributed by atoms with Crippen molar-refractivity contribution in [2.45, 2.75) is 19.4 Å². The third-order valence-corrected chi connectivity index (χ3v) is 4.15. The van der Waals surface area contributed by atoms with Gasteiger partial charge >= 0.3 is 0 Å². The Morgan fingerprint density at radius 3 is 3.05 bits per heavy atom. The van der Waals surface area contributed by atoms with Crippen molar-refractivity contribution in [3.8, 4) is 0 Å². The number of halogens is 1. The molecule has 1 aromatic carbocycles. The zero-order valence-corrected chi connectivity index (χ0v) is 13.4. The molecule has 0 aromatic heterocycles. The first kappa shape index (κ1) is 15.5. The maximum Gasteiger partial charge on any atom is 0.221 e. The van der Waals surface area contributed by atoms with Crippen LogP contribution in [0.5, 0.6) is 0 Å². The normalized spacial score (nSPS) is 19.8. The summed E-state index contributed by atoms with van der Waals surface area (Å²) in [5.41, 5.74) is 1.18. The lowest BCUT2D eigenvalue weighted by atomic mass is 10.1. The lowest BCUT2D eigenvalue weighted by Crippen LogP contribution is -2.40. The van der Waals surface area contributed by atoms with Gasteiger partial charge in [0.25, 0.3) is 0 Å². The van der Waals surface area contributed by atoms with Gasteiger partial charge in [0.15, 0.2) is 0 Å². The van der Waals surface area contributed by atoms with Crippen molar-refractivity contribution in [3.63, 3.8) is 0 Å². The molecule has 1 amide bonds. The summed E-state index contributed by atoms with van der Waals surface area (Å²) in [6.45, 7) is 5.86. The number of nitrogens with one attached hydrogen (secondary N) is 1. The first-order valence-corrected chi connectivity index (χ1v) is 7.85. The van der Waals surface area contributed by atoms with Crippen LogP contribution in [-0.2, 0) is 9.53 Å². The molecule has 20 heavy (non-hydrogen) atoms. The molecule has 4 nitrogen and oxygen atoms in total. The summed E-state index contributed by atoms with van der Waals surface area (Å²) in [6.07, 6.45) is 0.629. The van der Waals surface area contributed by atoms with E-state index in [-0.39, 0.29) is 12.0 Å². The average molecular weight is 341 g/mol. The largest absolute Gasteiger partial charge is 0.371 e. The van der Waals surface area contributed by atoms with Gasteiger partial charge in [-0.05, 0) is 18.6 Å². The number of ether oxygens (including phenoxy) is 1. The van der Waals surface area contributed by atoms with Gasteiger partial charge in [-0.2, -0.15) is 0 Å². The molecule has 1 aliphatic heterocycles. The van der Waals surface area contributed by atoms with Gasteiger partial charge in [0, 0.05) is 37.1 Å². The highest BCUT2D eigenvalue weighted by Gasteiger charge is 2.23. The number of hydrogen-bond acceptors (Lipinski definition) is 3. The highest BCUT2D eigenvalue weighted by molar-refractivity contribution is 9.10. The van der Waals surface area contributed by atoms with Gasteiger partial charge in [0.05, 0.1) is 12.7 Å².